The van der Waals surface area contributed by atoms with Gasteiger partial charge >= 0.3 is 0 Å². The van der Waals surface area contributed by atoms with E-state index in [1.54, 1.807) is 0 Å². The van der Waals surface area contributed by atoms with Crippen LogP contribution in [0, 0.1) is 11.3 Å². The van der Waals surface area contributed by atoms with Crippen molar-refractivity contribution in [2.24, 2.45) is 0 Å². The third-order valence-electron chi connectivity index (χ3n) is 2.83. The second-order valence-electron chi connectivity index (χ2n) is 4.17. The number of methoxy groups -OCH3 is 1. The molecular formula is C10H18N2O3S. The Morgan fingerprint density at radius 2 is 2.00 bits per heavy atom. The number of hydrogen-bond acceptors (Lipinski definition) is 4. The third-order valence-corrected chi connectivity index (χ3v) is 4.23. The molecule has 0 aliphatic heterocycles. The number of ether oxygens (including phenoxy) is 1. The Morgan fingerprint density at radius 3 is 2.50 bits per heavy atom. The summed E-state index contributed by atoms with van der Waals surface area (Å²) in [5.41, 5.74) is -0.884. The molecule has 0 atom stereocenters. The summed E-state index contributed by atoms with van der Waals surface area (Å²) in [4.78, 5) is 0. The zero-order chi connectivity index (χ0) is 12.1. The fraction of sp³-hybridized carbons (Fsp3) is 0.900. The van der Waals surface area contributed by atoms with Crippen molar-refractivity contribution in [3.8, 4) is 6.07 Å². The molecule has 0 heterocycles. The molecule has 0 aromatic heterocycles. The SMILES string of the molecule is COCCS(=O)(=O)NC1(C#N)CCCCC1. The van der Waals surface area contributed by atoms with Crippen molar-refractivity contribution in [2.75, 3.05) is 19.5 Å². The van der Waals surface area contributed by atoms with Crippen LogP contribution in [-0.2, 0) is 14.8 Å². The Hall–Kier alpha value is -0.640. The van der Waals surface area contributed by atoms with Crippen molar-refractivity contribution in [2.45, 2.75) is 37.6 Å². The van der Waals surface area contributed by atoms with E-state index in [-0.39, 0.29) is 12.4 Å². The molecule has 0 bridgehead atoms. The van der Waals surface area contributed by atoms with E-state index in [4.69, 9.17) is 10.00 Å². The van der Waals surface area contributed by atoms with Gasteiger partial charge in [-0.3, -0.25) is 0 Å². The largest absolute Gasteiger partial charge is 0.384 e. The van der Waals surface area contributed by atoms with Crippen LogP contribution in [0.25, 0.3) is 0 Å². The molecule has 0 unspecified atom stereocenters. The standard InChI is InChI=1S/C10H18N2O3S/c1-15-7-8-16(13,14)12-10(9-11)5-3-2-4-6-10/h12H,2-8H2,1H3. The molecule has 1 aliphatic carbocycles. The normalized spacial score (nSPS) is 20.2. The van der Waals surface area contributed by atoms with Gasteiger partial charge in [-0.05, 0) is 12.8 Å². The van der Waals surface area contributed by atoms with Crippen LogP contribution in [0.4, 0.5) is 0 Å². The van der Waals surface area contributed by atoms with E-state index in [2.05, 4.69) is 10.8 Å². The summed E-state index contributed by atoms with van der Waals surface area (Å²) in [6.45, 7) is 0.150. The predicted octanol–water partition coefficient (Wildman–Crippen LogP) is 0.779. The number of nitrogens with zero attached hydrogens (tertiary/aromatic N) is 1. The molecule has 0 radical (unpaired) electrons. The van der Waals surface area contributed by atoms with E-state index in [1.807, 2.05) is 0 Å². The molecule has 16 heavy (non-hydrogen) atoms. The minimum atomic E-state index is -3.41. The van der Waals surface area contributed by atoms with Crippen molar-refractivity contribution in [1.29, 1.82) is 5.26 Å². The smallest absolute Gasteiger partial charge is 0.215 e. The van der Waals surface area contributed by atoms with Crippen LogP contribution in [0.1, 0.15) is 32.1 Å². The van der Waals surface area contributed by atoms with Gasteiger partial charge in [0.2, 0.25) is 10.0 Å². The highest BCUT2D eigenvalue weighted by atomic mass is 32.2. The van der Waals surface area contributed by atoms with Gasteiger partial charge in [0.1, 0.15) is 5.54 Å². The highest BCUT2D eigenvalue weighted by Gasteiger charge is 2.35. The minimum absolute atomic E-state index is 0.0903. The van der Waals surface area contributed by atoms with Crippen molar-refractivity contribution < 1.29 is 13.2 Å². The van der Waals surface area contributed by atoms with Gasteiger partial charge in [-0.2, -0.15) is 9.98 Å². The lowest BCUT2D eigenvalue weighted by molar-refractivity contribution is 0.216. The maximum Gasteiger partial charge on any atom is 0.215 e. The van der Waals surface area contributed by atoms with Crippen LogP contribution in [-0.4, -0.2) is 33.4 Å². The maximum atomic E-state index is 11.7. The summed E-state index contributed by atoms with van der Waals surface area (Å²) >= 11 is 0. The molecule has 1 saturated carbocycles. The lowest BCUT2D eigenvalue weighted by atomic mass is 9.84. The molecule has 1 aliphatic rings. The number of hydrogen-bond donors (Lipinski definition) is 1. The van der Waals surface area contributed by atoms with E-state index in [0.29, 0.717) is 12.8 Å². The molecule has 6 heteroatoms. The third kappa shape index (κ3) is 3.74. The highest BCUT2D eigenvalue weighted by Crippen LogP contribution is 2.28. The van der Waals surface area contributed by atoms with Gasteiger partial charge in [-0.25, -0.2) is 8.42 Å². The lowest BCUT2D eigenvalue weighted by Gasteiger charge is -2.31. The van der Waals surface area contributed by atoms with Crippen molar-refractivity contribution in [1.82, 2.24) is 4.72 Å². The van der Waals surface area contributed by atoms with Crippen LogP contribution < -0.4 is 4.72 Å². The van der Waals surface area contributed by atoms with E-state index >= 15 is 0 Å². The summed E-state index contributed by atoms with van der Waals surface area (Å²) < 4.78 is 30.6. The van der Waals surface area contributed by atoms with Gasteiger partial charge in [0.25, 0.3) is 0 Å². The Bertz CT molecular complexity index is 353. The molecule has 1 rings (SSSR count). The molecule has 0 aromatic carbocycles. The quantitative estimate of drug-likeness (QED) is 0.777. The Labute approximate surface area is 96.8 Å². The number of rotatable bonds is 5. The van der Waals surface area contributed by atoms with E-state index in [9.17, 15) is 8.42 Å². The molecule has 0 spiro atoms. The zero-order valence-electron chi connectivity index (χ0n) is 9.53. The number of nitriles is 1. The van der Waals surface area contributed by atoms with Gasteiger partial charge in [0.15, 0.2) is 0 Å². The fourth-order valence-corrected chi connectivity index (χ4v) is 3.27. The van der Waals surface area contributed by atoms with E-state index in [0.717, 1.165) is 19.3 Å². The first-order valence-corrected chi connectivity index (χ1v) is 7.11. The topological polar surface area (TPSA) is 79.2 Å². The van der Waals surface area contributed by atoms with Crippen LogP contribution in [0.5, 0.6) is 0 Å². The summed E-state index contributed by atoms with van der Waals surface area (Å²) in [6.07, 6.45) is 4.09. The molecule has 92 valence electrons. The Morgan fingerprint density at radius 1 is 1.38 bits per heavy atom. The average Bonchev–Trinajstić information content (AvgIpc) is 2.27. The number of nitrogens with one attached hydrogen (secondary N) is 1. The second-order valence-corrected chi connectivity index (χ2v) is 6.01. The summed E-state index contributed by atoms with van der Waals surface area (Å²) in [5, 5.41) is 9.12. The fourth-order valence-electron chi connectivity index (χ4n) is 1.93. The average molecular weight is 246 g/mol. The minimum Gasteiger partial charge on any atom is -0.384 e. The van der Waals surface area contributed by atoms with Gasteiger partial charge in [0, 0.05) is 7.11 Å². The Kier molecular flexibility index (Phi) is 4.71. The predicted molar refractivity (Wildman–Crippen MR) is 60.2 cm³/mol. The number of sulfonamides is 1. The first kappa shape index (κ1) is 13.4. The molecular weight excluding hydrogens is 228 g/mol. The van der Waals surface area contributed by atoms with Crippen LogP contribution >= 0.6 is 0 Å². The van der Waals surface area contributed by atoms with Crippen molar-refractivity contribution in [3.63, 3.8) is 0 Å². The lowest BCUT2D eigenvalue weighted by Crippen LogP contribution is -2.49. The molecule has 1 N–H and O–H groups in total. The highest BCUT2D eigenvalue weighted by molar-refractivity contribution is 7.89. The van der Waals surface area contributed by atoms with E-state index < -0.39 is 15.6 Å². The summed E-state index contributed by atoms with van der Waals surface area (Å²) in [5.74, 6) is -0.0903. The molecule has 0 amide bonds. The summed E-state index contributed by atoms with van der Waals surface area (Å²) in [7, 11) is -1.96. The van der Waals surface area contributed by atoms with Gasteiger partial charge < -0.3 is 4.74 Å². The summed E-state index contributed by atoms with van der Waals surface area (Å²) in [6, 6.07) is 2.12. The van der Waals surface area contributed by atoms with Gasteiger partial charge in [0.05, 0.1) is 18.4 Å². The molecule has 0 saturated heterocycles. The zero-order valence-corrected chi connectivity index (χ0v) is 10.3. The Balaban J connectivity index is 2.66. The van der Waals surface area contributed by atoms with Crippen LogP contribution in [0.2, 0.25) is 0 Å². The maximum absolute atomic E-state index is 11.7. The first-order valence-electron chi connectivity index (χ1n) is 5.45. The first-order chi connectivity index (χ1) is 7.54. The van der Waals surface area contributed by atoms with E-state index in [1.165, 1.54) is 7.11 Å². The molecule has 5 nitrogen and oxygen atoms in total. The monoisotopic (exact) mass is 246 g/mol. The molecule has 1 fully saturated rings. The van der Waals surface area contributed by atoms with Crippen LogP contribution in [0.15, 0.2) is 0 Å². The van der Waals surface area contributed by atoms with Crippen molar-refractivity contribution >= 4 is 10.0 Å². The molecule has 0 aromatic rings. The van der Waals surface area contributed by atoms with Crippen LogP contribution in [0.3, 0.4) is 0 Å². The van der Waals surface area contributed by atoms with Gasteiger partial charge in [-0.1, -0.05) is 19.3 Å². The van der Waals surface area contributed by atoms with Gasteiger partial charge in [-0.15, -0.1) is 0 Å². The second kappa shape index (κ2) is 5.62. The van der Waals surface area contributed by atoms with Crippen molar-refractivity contribution in [3.05, 3.63) is 0 Å².